The fraction of sp³-hybridized carbons (Fsp3) is 0.227. The van der Waals surface area contributed by atoms with Crippen LogP contribution in [0.4, 0.5) is 20.9 Å². The number of rotatable bonds is 7. The van der Waals surface area contributed by atoms with Gasteiger partial charge in [-0.15, -0.1) is 11.3 Å². The molecule has 0 atom stereocenters. The highest BCUT2D eigenvalue weighted by molar-refractivity contribution is 7.92. The Hall–Kier alpha value is -3.31. The van der Waals surface area contributed by atoms with Gasteiger partial charge in [-0.1, -0.05) is 6.07 Å². The molecular formula is C22H21FN4O4S2. The zero-order chi connectivity index (χ0) is 23.6. The van der Waals surface area contributed by atoms with Crippen molar-refractivity contribution in [3.8, 4) is 0 Å². The lowest BCUT2D eigenvalue weighted by atomic mass is 10.2. The standard InChI is InChI=1S/C22H21FN4O4S2/c1-14-4-7-17(11-19(14)33(30,31)26-16-8-5-15(23)6-9-16)24-20(28)12-18-13-32-22(25-18)27-10-2-3-21(27)29/h4-9,11,13,26H,2-3,10,12H2,1H3,(H,24,28). The van der Waals surface area contributed by atoms with Crippen molar-refractivity contribution in [1.82, 2.24) is 4.98 Å². The summed E-state index contributed by atoms with van der Waals surface area (Å²) in [5.74, 6) is -0.806. The minimum absolute atomic E-state index is 0.00637. The van der Waals surface area contributed by atoms with Crippen LogP contribution >= 0.6 is 11.3 Å². The number of benzene rings is 2. The molecule has 0 saturated carbocycles. The van der Waals surface area contributed by atoms with Crippen LogP contribution in [0.1, 0.15) is 24.1 Å². The van der Waals surface area contributed by atoms with Gasteiger partial charge >= 0.3 is 0 Å². The number of hydrogen-bond donors (Lipinski definition) is 2. The summed E-state index contributed by atoms with van der Waals surface area (Å²) in [5.41, 5.74) is 1.56. The molecule has 172 valence electrons. The molecule has 3 aromatic rings. The molecule has 2 heterocycles. The molecule has 8 nitrogen and oxygen atoms in total. The van der Waals surface area contributed by atoms with Crippen molar-refractivity contribution in [2.75, 3.05) is 21.5 Å². The van der Waals surface area contributed by atoms with Crippen molar-refractivity contribution in [1.29, 1.82) is 0 Å². The highest BCUT2D eigenvalue weighted by Gasteiger charge is 2.24. The van der Waals surface area contributed by atoms with Crippen molar-refractivity contribution < 1.29 is 22.4 Å². The summed E-state index contributed by atoms with van der Waals surface area (Å²) >= 11 is 1.31. The summed E-state index contributed by atoms with van der Waals surface area (Å²) < 4.78 is 41.2. The first-order valence-corrected chi connectivity index (χ1v) is 12.5. The van der Waals surface area contributed by atoms with Crippen molar-refractivity contribution in [3.05, 3.63) is 64.9 Å². The van der Waals surface area contributed by atoms with Gasteiger partial charge in [-0.05, 0) is 55.3 Å². The zero-order valence-electron chi connectivity index (χ0n) is 17.7. The highest BCUT2D eigenvalue weighted by Crippen LogP contribution is 2.26. The van der Waals surface area contributed by atoms with Crippen molar-refractivity contribution in [3.63, 3.8) is 0 Å². The van der Waals surface area contributed by atoms with Gasteiger partial charge in [0.15, 0.2) is 5.13 Å². The van der Waals surface area contributed by atoms with E-state index in [1.54, 1.807) is 29.3 Å². The summed E-state index contributed by atoms with van der Waals surface area (Å²) in [6.07, 6.45) is 1.29. The molecule has 1 aliphatic heterocycles. The Balaban J connectivity index is 1.45. The van der Waals surface area contributed by atoms with E-state index >= 15 is 0 Å². The first-order chi connectivity index (χ1) is 15.7. The van der Waals surface area contributed by atoms with Gasteiger partial charge in [0, 0.05) is 29.7 Å². The summed E-state index contributed by atoms with van der Waals surface area (Å²) in [6.45, 7) is 2.27. The van der Waals surface area contributed by atoms with Crippen LogP contribution in [0.15, 0.2) is 52.7 Å². The molecule has 0 spiro atoms. The number of nitrogens with zero attached hydrogens (tertiary/aromatic N) is 2. The molecule has 2 amide bonds. The van der Waals surface area contributed by atoms with Crippen molar-refractivity contribution in [2.24, 2.45) is 0 Å². The predicted octanol–water partition coefficient (Wildman–Crippen LogP) is 3.70. The van der Waals surface area contributed by atoms with E-state index in [1.807, 2.05) is 0 Å². The van der Waals surface area contributed by atoms with Crippen LogP contribution in [0, 0.1) is 12.7 Å². The largest absolute Gasteiger partial charge is 0.326 e. The van der Waals surface area contributed by atoms with Crippen LogP contribution < -0.4 is 14.9 Å². The number of carbonyl (C=O) groups is 2. The topological polar surface area (TPSA) is 108 Å². The fourth-order valence-electron chi connectivity index (χ4n) is 3.42. The molecule has 0 radical (unpaired) electrons. The summed E-state index contributed by atoms with van der Waals surface area (Å²) in [6, 6.07) is 9.54. The molecule has 1 fully saturated rings. The molecule has 1 aromatic heterocycles. The van der Waals surface area contributed by atoms with Crippen LogP contribution in [0.3, 0.4) is 0 Å². The Morgan fingerprint density at radius 3 is 2.61 bits per heavy atom. The zero-order valence-corrected chi connectivity index (χ0v) is 19.3. The average Bonchev–Trinajstić information content (AvgIpc) is 3.39. The normalized spacial score (nSPS) is 13.9. The van der Waals surface area contributed by atoms with E-state index in [0.717, 1.165) is 18.6 Å². The Morgan fingerprint density at radius 1 is 1.18 bits per heavy atom. The molecule has 11 heteroatoms. The van der Waals surface area contributed by atoms with Gasteiger partial charge in [0.25, 0.3) is 10.0 Å². The number of sulfonamides is 1. The molecule has 0 unspecified atom stereocenters. The maximum Gasteiger partial charge on any atom is 0.262 e. The molecular weight excluding hydrogens is 467 g/mol. The Bertz CT molecular complexity index is 1310. The van der Waals surface area contributed by atoms with Gasteiger partial charge in [-0.25, -0.2) is 17.8 Å². The van der Waals surface area contributed by atoms with E-state index in [0.29, 0.717) is 35.0 Å². The lowest BCUT2D eigenvalue weighted by Crippen LogP contribution is -2.23. The maximum atomic E-state index is 13.1. The van der Waals surface area contributed by atoms with E-state index in [2.05, 4.69) is 15.0 Å². The average molecular weight is 489 g/mol. The lowest BCUT2D eigenvalue weighted by Gasteiger charge is -2.13. The summed E-state index contributed by atoms with van der Waals surface area (Å²) in [4.78, 5) is 30.4. The minimum atomic E-state index is -3.96. The third kappa shape index (κ3) is 5.37. The number of thiazole rings is 1. The lowest BCUT2D eigenvalue weighted by molar-refractivity contribution is -0.117. The highest BCUT2D eigenvalue weighted by atomic mass is 32.2. The van der Waals surface area contributed by atoms with Gasteiger partial charge in [0.1, 0.15) is 5.82 Å². The third-order valence-electron chi connectivity index (χ3n) is 5.04. The van der Waals surface area contributed by atoms with Crippen molar-refractivity contribution in [2.45, 2.75) is 31.1 Å². The molecule has 2 N–H and O–H groups in total. The second kappa shape index (κ2) is 9.28. The van der Waals surface area contributed by atoms with E-state index in [4.69, 9.17) is 0 Å². The molecule has 2 aromatic carbocycles. The van der Waals surface area contributed by atoms with Gasteiger partial charge in [-0.2, -0.15) is 0 Å². The fourth-order valence-corrected chi connectivity index (χ4v) is 5.62. The minimum Gasteiger partial charge on any atom is -0.326 e. The van der Waals surface area contributed by atoms with Crippen LogP contribution in [-0.2, 0) is 26.0 Å². The second-order valence-corrected chi connectivity index (χ2v) is 10.1. The number of halogens is 1. The number of aromatic nitrogens is 1. The van der Waals surface area contributed by atoms with Crippen LogP contribution in [0.5, 0.6) is 0 Å². The van der Waals surface area contributed by atoms with E-state index in [1.165, 1.54) is 29.5 Å². The van der Waals surface area contributed by atoms with Crippen molar-refractivity contribution >= 4 is 49.7 Å². The van der Waals surface area contributed by atoms with Gasteiger partial charge in [-0.3, -0.25) is 19.2 Å². The number of amides is 2. The molecule has 33 heavy (non-hydrogen) atoms. The van der Waals surface area contributed by atoms with Gasteiger partial charge < -0.3 is 5.32 Å². The number of hydrogen-bond acceptors (Lipinski definition) is 6. The molecule has 0 aliphatic carbocycles. The maximum absolute atomic E-state index is 13.1. The Labute approximate surface area is 194 Å². The van der Waals surface area contributed by atoms with Crippen LogP contribution in [0.2, 0.25) is 0 Å². The number of carbonyl (C=O) groups excluding carboxylic acids is 2. The number of aryl methyl sites for hydroxylation is 1. The number of anilines is 3. The smallest absolute Gasteiger partial charge is 0.262 e. The first-order valence-electron chi connectivity index (χ1n) is 10.1. The Kier molecular flexibility index (Phi) is 6.43. The molecule has 1 aliphatic rings. The predicted molar refractivity (Wildman–Crippen MR) is 124 cm³/mol. The third-order valence-corrected chi connectivity index (χ3v) is 7.48. The Morgan fingerprint density at radius 2 is 1.91 bits per heavy atom. The van der Waals surface area contributed by atoms with Gasteiger partial charge in [0.2, 0.25) is 11.8 Å². The SMILES string of the molecule is Cc1ccc(NC(=O)Cc2csc(N3CCCC3=O)n2)cc1S(=O)(=O)Nc1ccc(F)cc1. The van der Waals surface area contributed by atoms with Crippen LogP contribution in [0.25, 0.3) is 0 Å². The summed E-state index contributed by atoms with van der Waals surface area (Å²) in [7, 11) is -3.96. The monoisotopic (exact) mass is 488 g/mol. The first kappa shape index (κ1) is 22.9. The second-order valence-electron chi connectivity index (χ2n) is 7.59. The molecule has 1 saturated heterocycles. The van der Waals surface area contributed by atoms with E-state index in [-0.39, 0.29) is 28.8 Å². The van der Waals surface area contributed by atoms with E-state index < -0.39 is 15.8 Å². The number of nitrogens with one attached hydrogen (secondary N) is 2. The van der Waals surface area contributed by atoms with Crippen LogP contribution in [-0.4, -0.2) is 31.8 Å². The molecule has 0 bridgehead atoms. The molecule has 4 rings (SSSR count). The quantitative estimate of drug-likeness (QED) is 0.527. The summed E-state index contributed by atoms with van der Waals surface area (Å²) in [5, 5.41) is 5.01. The van der Waals surface area contributed by atoms with Gasteiger partial charge in [0.05, 0.1) is 17.0 Å². The van der Waals surface area contributed by atoms with E-state index in [9.17, 15) is 22.4 Å².